The lowest BCUT2D eigenvalue weighted by Crippen LogP contribution is -2.24. The molecule has 0 spiro atoms. The topological polar surface area (TPSA) is 12.0 Å². The molecule has 0 saturated heterocycles. The molecule has 2 aromatic rings. The smallest absolute Gasteiger partial charge is 0.0488 e. The molecule has 1 N–H and O–H groups in total. The molecule has 0 bridgehead atoms. The SMILES string of the molecule is Brc1cccc2cc(CNC3CCCC3)sc12. The van der Waals surface area contributed by atoms with Gasteiger partial charge >= 0.3 is 0 Å². The number of rotatable bonds is 3. The zero-order valence-corrected chi connectivity index (χ0v) is 12.1. The van der Waals surface area contributed by atoms with E-state index in [0.29, 0.717) is 0 Å². The lowest BCUT2D eigenvalue weighted by atomic mass is 10.2. The van der Waals surface area contributed by atoms with Crippen LogP contribution in [0.2, 0.25) is 0 Å². The van der Waals surface area contributed by atoms with Crippen LogP contribution in [0.4, 0.5) is 0 Å². The van der Waals surface area contributed by atoms with Crippen molar-refractivity contribution in [3.05, 3.63) is 33.6 Å². The molecule has 3 rings (SSSR count). The second-order valence-corrected chi connectivity index (χ2v) is 6.72. The predicted octanol–water partition coefficient (Wildman–Crippen LogP) is 4.70. The summed E-state index contributed by atoms with van der Waals surface area (Å²) in [6, 6.07) is 9.48. The summed E-state index contributed by atoms with van der Waals surface area (Å²) in [5.41, 5.74) is 0. The zero-order valence-electron chi connectivity index (χ0n) is 9.71. The predicted molar refractivity (Wildman–Crippen MR) is 78.6 cm³/mol. The van der Waals surface area contributed by atoms with Gasteiger partial charge in [-0.15, -0.1) is 11.3 Å². The molecule has 1 nitrogen and oxygen atoms in total. The Labute approximate surface area is 114 Å². The van der Waals surface area contributed by atoms with E-state index in [0.717, 1.165) is 12.6 Å². The normalized spacial score (nSPS) is 17.0. The first kappa shape index (κ1) is 11.7. The number of nitrogens with one attached hydrogen (secondary N) is 1. The maximum atomic E-state index is 3.67. The van der Waals surface area contributed by atoms with Crippen LogP contribution in [0.15, 0.2) is 28.7 Å². The minimum absolute atomic E-state index is 0.753. The Hall–Kier alpha value is -0.380. The second-order valence-electron chi connectivity index (χ2n) is 4.73. The lowest BCUT2D eigenvalue weighted by Gasteiger charge is -2.09. The Bertz CT molecular complexity index is 514. The van der Waals surface area contributed by atoms with Gasteiger partial charge in [0.25, 0.3) is 0 Å². The van der Waals surface area contributed by atoms with Crippen molar-refractivity contribution in [1.29, 1.82) is 0 Å². The molecule has 1 saturated carbocycles. The molecule has 1 aromatic heterocycles. The third kappa shape index (κ3) is 2.56. The molecule has 1 aliphatic carbocycles. The van der Waals surface area contributed by atoms with Crippen molar-refractivity contribution in [2.24, 2.45) is 0 Å². The van der Waals surface area contributed by atoms with Gasteiger partial charge in [-0.25, -0.2) is 0 Å². The number of thiophene rings is 1. The second kappa shape index (κ2) is 5.09. The van der Waals surface area contributed by atoms with Gasteiger partial charge in [0, 0.05) is 26.6 Å². The van der Waals surface area contributed by atoms with Gasteiger partial charge in [0.1, 0.15) is 0 Å². The molecule has 1 aliphatic rings. The van der Waals surface area contributed by atoms with E-state index < -0.39 is 0 Å². The quantitative estimate of drug-likeness (QED) is 0.867. The average molecular weight is 310 g/mol. The molecule has 0 amide bonds. The minimum atomic E-state index is 0.753. The van der Waals surface area contributed by atoms with Gasteiger partial charge in [-0.3, -0.25) is 0 Å². The van der Waals surface area contributed by atoms with E-state index >= 15 is 0 Å². The Morgan fingerprint density at radius 1 is 1.29 bits per heavy atom. The molecule has 90 valence electrons. The highest BCUT2D eigenvalue weighted by Crippen LogP contribution is 2.32. The van der Waals surface area contributed by atoms with Crippen LogP contribution in [0.25, 0.3) is 10.1 Å². The largest absolute Gasteiger partial charge is 0.309 e. The molecule has 0 unspecified atom stereocenters. The first-order chi connectivity index (χ1) is 8.33. The fourth-order valence-electron chi connectivity index (χ4n) is 2.54. The monoisotopic (exact) mass is 309 g/mol. The van der Waals surface area contributed by atoms with E-state index in [-0.39, 0.29) is 0 Å². The summed E-state index contributed by atoms with van der Waals surface area (Å²) >= 11 is 5.52. The average Bonchev–Trinajstić information content (AvgIpc) is 2.95. The maximum absolute atomic E-state index is 3.67. The number of fused-ring (bicyclic) bond motifs is 1. The third-order valence-corrected chi connectivity index (χ3v) is 5.57. The summed E-state index contributed by atoms with van der Waals surface area (Å²) < 4.78 is 2.59. The first-order valence-electron chi connectivity index (χ1n) is 6.23. The molecule has 0 radical (unpaired) electrons. The summed E-state index contributed by atoms with van der Waals surface area (Å²) in [5, 5.41) is 5.03. The summed E-state index contributed by atoms with van der Waals surface area (Å²) in [4.78, 5) is 1.44. The highest BCUT2D eigenvalue weighted by Gasteiger charge is 2.14. The number of hydrogen-bond acceptors (Lipinski definition) is 2. The molecule has 1 aromatic carbocycles. The lowest BCUT2D eigenvalue weighted by molar-refractivity contribution is 0.527. The molecule has 1 fully saturated rings. The molecular formula is C14H16BrNS. The van der Waals surface area contributed by atoms with E-state index in [2.05, 4.69) is 45.5 Å². The zero-order chi connectivity index (χ0) is 11.7. The van der Waals surface area contributed by atoms with Gasteiger partial charge < -0.3 is 5.32 Å². The van der Waals surface area contributed by atoms with Gasteiger partial charge in [-0.1, -0.05) is 25.0 Å². The molecular weight excluding hydrogens is 294 g/mol. The number of benzene rings is 1. The van der Waals surface area contributed by atoms with Crippen molar-refractivity contribution in [3.8, 4) is 0 Å². The van der Waals surface area contributed by atoms with E-state index in [4.69, 9.17) is 0 Å². The van der Waals surface area contributed by atoms with Gasteiger partial charge in [-0.2, -0.15) is 0 Å². The summed E-state index contributed by atoms with van der Waals surface area (Å²) in [6.07, 6.45) is 5.51. The first-order valence-corrected chi connectivity index (χ1v) is 7.84. The summed E-state index contributed by atoms with van der Waals surface area (Å²) in [5.74, 6) is 0. The summed E-state index contributed by atoms with van der Waals surface area (Å²) in [6.45, 7) is 1.02. The van der Waals surface area contributed by atoms with Crippen LogP contribution in [0.1, 0.15) is 30.6 Å². The van der Waals surface area contributed by atoms with Gasteiger partial charge in [0.2, 0.25) is 0 Å². The van der Waals surface area contributed by atoms with Crippen LogP contribution in [0.5, 0.6) is 0 Å². The highest BCUT2D eigenvalue weighted by molar-refractivity contribution is 9.10. The number of halogens is 1. The van der Waals surface area contributed by atoms with Crippen molar-refractivity contribution in [2.45, 2.75) is 38.3 Å². The Morgan fingerprint density at radius 2 is 2.12 bits per heavy atom. The Morgan fingerprint density at radius 3 is 2.88 bits per heavy atom. The fourth-order valence-corrected chi connectivity index (χ4v) is 4.18. The Kier molecular flexibility index (Phi) is 3.50. The van der Waals surface area contributed by atoms with Gasteiger partial charge in [0.15, 0.2) is 0 Å². The standard InChI is InChI=1S/C14H16BrNS/c15-13-7-3-4-10-8-12(17-14(10)13)9-16-11-5-1-2-6-11/h3-4,7-8,11,16H,1-2,5-6,9H2. The van der Waals surface area contributed by atoms with Crippen molar-refractivity contribution in [1.82, 2.24) is 5.32 Å². The van der Waals surface area contributed by atoms with Gasteiger partial charge in [0.05, 0.1) is 0 Å². The van der Waals surface area contributed by atoms with Crippen LogP contribution in [0.3, 0.4) is 0 Å². The number of hydrogen-bond donors (Lipinski definition) is 1. The van der Waals surface area contributed by atoms with Crippen LogP contribution in [0, 0.1) is 0 Å². The van der Waals surface area contributed by atoms with Crippen LogP contribution in [-0.2, 0) is 6.54 Å². The van der Waals surface area contributed by atoms with Crippen molar-refractivity contribution < 1.29 is 0 Å². The van der Waals surface area contributed by atoms with Crippen molar-refractivity contribution in [3.63, 3.8) is 0 Å². The van der Waals surface area contributed by atoms with Crippen LogP contribution in [-0.4, -0.2) is 6.04 Å². The minimum Gasteiger partial charge on any atom is -0.309 e. The van der Waals surface area contributed by atoms with E-state index in [1.807, 2.05) is 11.3 Å². The highest BCUT2D eigenvalue weighted by atomic mass is 79.9. The van der Waals surface area contributed by atoms with E-state index in [1.54, 1.807) is 0 Å². The Balaban J connectivity index is 1.74. The molecule has 1 heterocycles. The van der Waals surface area contributed by atoms with Crippen LogP contribution < -0.4 is 5.32 Å². The van der Waals surface area contributed by atoms with E-state index in [9.17, 15) is 0 Å². The molecule has 0 atom stereocenters. The van der Waals surface area contributed by atoms with Crippen LogP contribution >= 0.6 is 27.3 Å². The summed E-state index contributed by atoms with van der Waals surface area (Å²) in [7, 11) is 0. The maximum Gasteiger partial charge on any atom is 0.0488 e. The molecule has 17 heavy (non-hydrogen) atoms. The van der Waals surface area contributed by atoms with Crippen molar-refractivity contribution in [2.75, 3.05) is 0 Å². The third-order valence-electron chi connectivity index (χ3n) is 3.47. The molecule has 3 heteroatoms. The van der Waals surface area contributed by atoms with Gasteiger partial charge in [-0.05, 0) is 46.3 Å². The van der Waals surface area contributed by atoms with Crippen molar-refractivity contribution >= 4 is 37.4 Å². The molecule has 0 aliphatic heterocycles. The fraction of sp³-hybridized carbons (Fsp3) is 0.429. The van der Waals surface area contributed by atoms with E-state index in [1.165, 1.54) is 45.1 Å².